The molecule has 0 radical (unpaired) electrons. The number of unbranched alkanes of at least 4 members (excludes halogenated alkanes) is 2. The van der Waals surface area contributed by atoms with Crippen LogP contribution in [0.1, 0.15) is 38.5 Å². The van der Waals surface area contributed by atoms with Gasteiger partial charge in [-0.15, -0.1) is 0 Å². The van der Waals surface area contributed by atoms with Crippen LogP contribution in [0, 0.1) is 11.3 Å². The van der Waals surface area contributed by atoms with Crippen molar-refractivity contribution < 1.29 is 0 Å². The molecule has 1 heterocycles. The van der Waals surface area contributed by atoms with E-state index in [9.17, 15) is 0 Å². The molecular weight excluding hydrogens is 186 g/mol. The second-order valence-electron chi connectivity index (χ2n) is 4.43. The molecule has 0 saturated carbocycles. The average Bonchev–Trinajstić information content (AvgIpc) is 2.52. The van der Waals surface area contributed by atoms with Gasteiger partial charge in [0.25, 0.3) is 0 Å². The highest BCUT2D eigenvalue weighted by molar-refractivity contribution is 4.74. The maximum atomic E-state index is 8.45. The molecule has 1 rings (SSSR count). The molecule has 0 amide bonds. The zero-order valence-corrected chi connectivity index (χ0v) is 9.84. The molecule has 1 aliphatic rings. The van der Waals surface area contributed by atoms with Gasteiger partial charge in [0.05, 0.1) is 6.07 Å². The molecule has 1 fully saturated rings. The van der Waals surface area contributed by atoms with Gasteiger partial charge in [-0.25, -0.2) is 0 Å². The molecule has 15 heavy (non-hydrogen) atoms. The standard InChI is InChI=1S/C12H23N3/c1-15(11-4-2-3-8-13)12-6-5-9-14-10-7-12/h12,14H,2-7,9-11H2,1H3. The fourth-order valence-corrected chi connectivity index (χ4v) is 2.19. The highest BCUT2D eigenvalue weighted by Crippen LogP contribution is 2.12. The van der Waals surface area contributed by atoms with E-state index in [2.05, 4.69) is 23.3 Å². The second kappa shape index (κ2) is 7.67. The lowest BCUT2D eigenvalue weighted by Crippen LogP contribution is -2.33. The summed E-state index contributed by atoms with van der Waals surface area (Å²) in [5.41, 5.74) is 0. The van der Waals surface area contributed by atoms with Gasteiger partial charge in [-0.2, -0.15) is 5.26 Å². The van der Waals surface area contributed by atoms with Crippen LogP contribution >= 0.6 is 0 Å². The molecule has 1 aliphatic heterocycles. The minimum Gasteiger partial charge on any atom is -0.317 e. The number of nitriles is 1. The van der Waals surface area contributed by atoms with Crippen LogP contribution in [0.5, 0.6) is 0 Å². The summed E-state index contributed by atoms with van der Waals surface area (Å²) in [6.07, 6.45) is 6.81. The third-order valence-electron chi connectivity index (χ3n) is 3.22. The van der Waals surface area contributed by atoms with Crippen LogP contribution in [0.25, 0.3) is 0 Å². The number of nitrogens with zero attached hydrogens (tertiary/aromatic N) is 2. The van der Waals surface area contributed by atoms with Crippen LogP contribution in [0.3, 0.4) is 0 Å². The first-order valence-corrected chi connectivity index (χ1v) is 6.12. The lowest BCUT2D eigenvalue weighted by Gasteiger charge is -2.26. The van der Waals surface area contributed by atoms with Crippen molar-refractivity contribution in [3.8, 4) is 6.07 Å². The van der Waals surface area contributed by atoms with E-state index in [1.165, 1.54) is 25.8 Å². The third-order valence-corrected chi connectivity index (χ3v) is 3.22. The van der Waals surface area contributed by atoms with Crippen LogP contribution in [0.15, 0.2) is 0 Å². The SMILES string of the molecule is CN(CCCCC#N)C1CCCNCC1. The smallest absolute Gasteiger partial charge is 0.0621 e. The zero-order valence-electron chi connectivity index (χ0n) is 9.84. The van der Waals surface area contributed by atoms with Crippen molar-refractivity contribution in [1.82, 2.24) is 10.2 Å². The number of rotatable bonds is 5. The summed E-state index contributed by atoms with van der Waals surface area (Å²) >= 11 is 0. The Morgan fingerprint density at radius 3 is 3.00 bits per heavy atom. The topological polar surface area (TPSA) is 39.1 Å². The molecule has 0 aromatic rings. The summed E-state index contributed by atoms with van der Waals surface area (Å²) in [4.78, 5) is 2.48. The van der Waals surface area contributed by atoms with Crippen molar-refractivity contribution in [3.05, 3.63) is 0 Å². The molecule has 86 valence electrons. The van der Waals surface area contributed by atoms with Crippen molar-refractivity contribution in [2.75, 3.05) is 26.7 Å². The minimum atomic E-state index is 0.708. The van der Waals surface area contributed by atoms with Crippen molar-refractivity contribution >= 4 is 0 Å². The van der Waals surface area contributed by atoms with E-state index in [4.69, 9.17) is 5.26 Å². The van der Waals surface area contributed by atoms with Gasteiger partial charge in [0.1, 0.15) is 0 Å². The maximum absolute atomic E-state index is 8.45. The van der Waals surface area contributed by atoms with E-state index in [1.54, 1.807) is 0 Å². The van der Waals surface area contributed by atoms with Gasteiger partial charge in [-0.3, -0.25) is 0 Å². The lowest BCUT2D eigenvalue weighted by molar-refractivity contribution is 0.221. The summed E-state index contributed by atoms with van der Waals surface area (Å²) < 4.78 is 0. The van der Waals surface area contributed by atoms with Gasteiger partial charge in [-0.1, -0.05) is 0 Å². The Morgan fingerprint density at radius 1 is 1.33 bits per heavy atom. The van der Waals surface area contributed by atoms with Gasteiger partial charge in [0, 0.05) is 12.5 Å². The first-order chi connectivity index (χ1) is 7.34. The van der Waals surface area contributed by atoms with Crippen molar-refractivity contribution in [1.29, 1.82) is 5.26 Å². The third kappa shape index (κ3) is 5.15. The van der Waals surface area contributed by atoms with Gasteiger partial charge < -0.3 is 10.2 Å². The highest BCUT2D eigenvalue weighted by atomic mass is 15.1. The van der Waals surface area contributed by atoms with Gasteiger partial charge >= 0.3 is 0 Å². The van der Waals surface area contributed by atoms with Gasteiger partial charge in [-0.05, 0) is 58.8 Å². The summed E-state index contributed by atoms with van der Waals surface area (Å²) in [7, 11) is 2.22. The maximum Gasteiger partial charge on any atom is 0.0621 e. The van der Waals surface area contributed by atoms with E-state index in [0.29, 0.717) is 6.42 Å². The van der Waals surface area contributed by atoms with Crippen LogP contribution in [0.2, 0.25) is 0 Å². The Labute approximate surface area is 93.5 Å². The Morgan fingerprint density at radius 2 is 2.20 bits per heavy atom. The van der Waals surface area contributed by atoms with E-state index in [1.807, 2.05) is 0 Å². The van der Waals surface area contributed by atoms with Gasteiger partial charge in [0.15, 0.2) is 0 Å². The fraction of sp³-hybridized carbons (Fsp3) is 0.917. The normalized spacial score (nSPS) is 22.3. The second-order valence-corrected chi connectivity index (χ2v) is 4.43. The van der Waals surface area contributed by atoms with Crippen LogP contribution in [0.4, 0.5) is 0 Å². The predicted molar refractivity (Wildman–Crippen MR) is 62.6 cm³/mol. The molecular formula is C12H23N3. The van der Waals surface area contributed by atoms with Crippen molar-refractivity contribution in [2.24, 2.45) is 0 Å². The summed E-state index contributed by atoms with van der Waals surface area (Å²) in [5.74, 6) is 0. The molecule has 0 bridgehead atoms. The first kappa shape index (κ1) is 12.5. The molecule has 3 nitrogen and oxygen atoms in total. The quantitative estimate of drug-likeness (QED) is 0.701. The lowest BCUT2D eigenvalue weighted by atomic mass is 10.1. The highest BCUT2D eigenvalue weighted by Gasteiger charge is 2.15. The zero-order chi connectivity index (χ0) is 10.9. The molecule has 1 unspecified atom stereocenters. The van der Waals surface area contributed by atoms with E-state index in [-0.39, 0.29) is 0 Å². The number of hydrogen-bond acceptors (Lipinski definition) is 3. The summed E-state index contributed by atoms with van der Waals surface area (Å²) in [6.45, 7) is 3.48. The predicted octanol–water partition coefficient (Wildman–Crippen LogP) is 1.75. The number of nitrogens with one attached hydrogen (secondary N) is 1. The van der Waals surface area contributed by atoms with Gasteiger partial charge in [0.2, 0.25) is 0 Å². The monoisotopic (exact) mass is 209 g/mol. The summed E-state index contributed by atoms with van der Waals surface area (Å²) in [6, 6.07) is 2.95. The van der Waals surface area contributed by atoms with Crippen LogP contribution in [-0.2, 0) is 0 Å². The Balaban J connectivity index is 2.14. The Hall–Kier alpha value is -0.590. The molecule has 0 aliphatic carbocycles. The number of hydrogen-bond donors (Lipinski definition) is 1. The molecule has 3 heteroatoms. The molecule has 1 N–H and O–H groups in total. The van der Waals surface area contributed by atoms with E-state index >= 15 is 0 Å². The molecule has 0 aromatic heterocycles. The van der Waals surface area contributed by atoms with Crippen molar-refractivity contribution in [3.63, 3.8) is 0 Å². The average molecular weight is 209 g/mol. The largest absolute Gasteiger partial charge is 0.317 e. The van der Waals surface area contributed by atoms with Crippen molar-refractivity contribution in [2.45, 2.75) is 44.6 Å². The van der Waals surface area contributed by atoms with E-state index < -0.39 is 0 Å². The Kier molecular flexibility index (Phi) is 6.38. The molecule has 1 saturated heterocycles. The first-order valence-electron chi connectivity index (χ1n) is 6.12. The molecule has 0 aromatic carbocycles. The summed E-state index contributed by atoms with van der Waals surface area (Å²) in [5, 5.41) is 11.9. The fourth-order valence-electron chi connectivity index (χ4n) is 2.19. The minimum absolute atomic E-state index is 0.708. The Bertz CT molecular complexity index is 190. The van der Waals surface area contributed by atoms with Crippen LogP contribution in [-0.4, -0.2) is 37.6 Å². The molecule has 1 atom stereocenters. The molecule has 0 spiro atoms. The van der Waals surface area contributed by atoms with Crippen LogP contribution < -0.4 is 5.32 Å². The van der Waals surface area contributed by atoms with E-state index in [0.717, 1.165) is 32.0 Å².